The molecule has 0 saturated heterocycles. The molecule has 0 saturated carbocycles. The number of benzene rings is 2. The largest absolute Gasteiger partial charge is 1.00 e. The van der Waals surface area contributed by atoms with Gasteiger partial charge in [-0.3, -0.25) is 0 Å². The van der Waals surface area contributed by atoms with E-state index in [1.807, 2.05) is 36.4 Å². The van der Waals surface area contributed by atoms with Gasteiger partial charge in [0.25, 0.3) is 0 Å². The van der Waals surface area contributed by atoms with Crippen LogP contribution in [-0.4, -0.2) is 5.10 Å². The highest BCUT2D eigenvalue weighted by Gasteiger charge is 2.10. The summed E-state index contributed by atoms with van der Waals surface area (Å²) in [6, 6.07) is 22.7. The second-order valence-corrected chi connectivity index (χ2v) is 3.95. The maximum absolute atomic E-state index is 3.20. The molecule has 1 aromatic heterocycles. The van der Waals surface area contributed by atoms with Gasteiger partial charge < -0.3 is 12.4 Å². The van der Waals surface area contributed by atoms with E-state index in [-0.39, 0.29) is 12.4 Å². The second kappa shape index (κ2) is 5.52. The summed E-state index contributed by atoms with van der Waals surface area (Å²) in [6.45, 7) is 0. The first-order valence-electron chi connectivity index (χ1n) is 5.65. The van der Waals surface area contributed by atoms with Crippen molar-refractivity contribution in [2.24, 2.45) is 0 Å². The van der Waals surface area contributed by atoms with Crippen molar-refractivity contribution >= 4 is 0 Å². The quantitative estimate of drug-likeness (QED) is 0.678. The fraction of sp³-hybridized carbons (Fsp3) is 0. The molecule has 0 spiro atoms. The lowest BCUT2D eigenvalue weighted by Gasteiger charge is -1.91. The average molecular weight is 257 g/mol. The zero-order chi connectivity index (χ0) is 11.5. The number of aromatic amines is 2. The Morgan fingerprint density at radius 3 is 1.89 bits per heavy atom. The predicted molar refractivity (Wildman–Crippen MR) is 68.2 cm³/mol. The minimum Gasteiger partial charge on any atom is -1.00 e. The molecule has 3 heteroatoms. The Hall–Kier alpha value is -2.06. The number of aromatic nitrogens is 2. The summed E-state index contributed by atoms with van der Waals surface area (Å²) in [7, 11) is 0. The highest BCUT2D eigenvalue weighted by Crippen LogP contribution is 2.20. The summed E-state index contributed by atoms with van der Waals surface area (Å²) in [5, 5.41) is 6.39. The summed E-state index contributed by atoms with van der Waals surface area (Å²) in [5.41, 5.74) is 4.57. The van der Waals surface area contributed by atoms with Crippen molar-refractivity contribution in [1.29, 1.82) is 0 Å². The smallest absolute Gasteiger partial charge is 0.236 e. The van der Waals surface area contributed by atoms with Crippen LogP contribution < -0.4 is 17.5 Å². The van der Waals surface area contributed by atoms with Gasteiger partial charge in [0.05, 0.1) is 0 Å². The highest BCUT2D eigenvalue weighted by atomic mass is 35.5. The fourth-order valence-corrected chi connectivity index (χ4v) is 1.90. The van der Waals surface area contributed by atoms with Crippen molar-refractivity contribution in [2.75, 3.05) is 0 Å². The summed E-state index contributed by atoms with van der Waals surface area (Å²) in [4.78, 5) is 0. The lowest BCUT2D eigenvalue weighted by molar-refractivity contribution is -0.436. The Morgan fingerprint density at radius 1 is 0.722 bits per heavy atom. The third-order valence-electron chi connectivity index (χ3n) is 2.79. The molecule has 2 nitrogen and oxygen atoms in total. The number of H-pyrrole nitrogens is 2. The van der Waals surface area contributed by atoms with Crippen LogP contribution in [0.1, 0.15) is 0 Å². The maximum Gasteiger partial charge on any atom is 0.236 e. The van der Waals surface area contributed by atoms with E-state index >= 15 is 0 Å². The van der Waals surface area contributed by atoms with Crippen molar-refractivity contribution in [3.8, 4) is 22.5 Å². The van der Waals surface area contributed by atoms with E-state index in [0.29, 0.717) is 0 Å². The molecule has 1 heterocycles. The topological polar surface area (TPSA) is 29.9 Å². The molecule has 0 bridgehead atoms. The zero-order valence-electron chi connectivity index (χ0n) is 9.73. The van der Waals surface area contributed by atoms with Gasteiger partial charge in [-0.1, -0.05) is 48.5 Å². The molecule has 0 fully saturated rings. The number of halogens is 1. The van der Waals surface area contributed by atoms with Gasteiger partial charge in [0.15, 0.2) is 0 Å². The third kappa shape index (κ3) is 2.44. The van der Waals surface area contributed by atoms with Crippen LogP contribution in [0.15, 0.2) is 66.7 Å². The Balaban J connectivity index is 0.00000120. The van der Waals surface area contributed by atoms with E-state index < -0.39 is 0 Å². The maximum atomic E-state index is 3.20. The average Bonchev–Trinajstić information content (AvgIpc) is 2.90. The molecular weight excluding hydrogens is 244 g/mol. The van der Waals surface area contributed by atoms with Gasteiger partial charge in [-0.15, -0.1) is 5.10 Å². The molecule has 3 aromatic rings. The van der Waals surface area contributed by atoms with E-state index in [0.717, 1.165) is 11.4 Å². The summed E-state index contributed by atoms with van der Waals surface area (Å²) >= 11 is 0. The normalized spacial score (nSPS) is 9.78. The van der Waals surface area contributed by atoms with Crippen LogP contribution in [0, 0.1) is 0 Å². The van der Waals surface area contributed by atoms with Crippen molar-refractivity contribution in [1.82, 2.24) is 5.10 Å². The molecular formula is C15H13ClN2. The Morgan fingerprint density at radius 2 is 1.28 bits per heavy atom. The monoisotopic (exact) mass is 256 g/mol. The zero-order valence-corrected chi connectivity index (χ0v) is 10.5. The Bertz CT molecular complexity index is 549. The molecule has 3 rings (SSSR count). The van der Waals surface area contributed by atoms with Gasteiger partial charge in [-0.25, -0.2) is 0 Å². The van der Waals surface area contributed by atoms with Gasteiger partial charge in [0, 0.05) is 17.2 Å². The van der Waals surface area contributed by atoms with Crippen LogP contribution in [-0.2, 0) is 0 Å². The molecule has 2 aromatic carbocycles. The van der Waals surface area contributed by atoms with Gasteiger partial charge in [0.1, 0.15) is 5.69 Å². The molecule has 0 radical (unpaired) electrons. The van der Waals surface area contributed by atoms with E-state index in [1.165, 1.54) is 11.1 Å². The van der Waals surface area contributed by atoms with E-state index in [2.05, 4.69) is 40.5 Å². The summed E-state index contributed by atoms with van der Waals surface area (Å²) in [5.74, 6) is 0. The molecule has 2 N–H and O–H groups in total. The van der Waals surface area contributed by atoms with Crippen molar-refractivity contribution in [3.63, 3.8) is 0 Å². The van der Waals surface area contributed by atoms with Crippen LogP contribution in [0.2, 0.25) is 0 Å². The lowest BCUT2D eigenvalue weighted by atomic mass is 10.1. The van der Waals surface area contributed by atoms with E-state index in [1.54, 1.807) is 0 Å². The predicted octanol–water partition coefficient (Wildman–Crippen LogP) is 0.167. The van der Waals surface area contributed by atoms with Gasteiger partial charge in [-0.05, 0) is 12.1 Å². The van der Waals surface area contributed by atoms with Crippen molar-refractivity contribution in [2.45, 2.75) is 0 Å². The van der Waals surface area contributed by atoms with Gasteiger partial charge in [-0.2, -0.15) is 5.10 Å². The van der Waals surface area contributed by atoms with E-state index in [4.69, 9.17) is 0 Å². The van der Waals surface area contributed by atoms with Crippen LogP contribution in [0.5, 0.6) is 0 Å². The van der Waals surface area contributed by atoms with Crippen LogP contribution >= 0.6 is 0 Å². The molecule has 18 heavy (non-hydrogen) atoms. The molecule has 0 amide bonds. The highest BCUT2D eigenvalue weighted by molar-refractivity contribution is 5.65. The first-order valence-corrected chi connectivity index (χ1v) is 5.65. The number of nitrogens with one attached hydrogen (secondary N) is 2. The summed E-state index contributed by atoms with van der Waals surface area (Å²) < 4.78 is 0. The first kappa shape index (κ1) is 12.4. The molecule has 90 valence electrons. The van der Waals surface area contributed by atoms with Crippen LogP contribution in [0.25, 0.3) is 22.5 Å². The number of hydrogen-bond acceptors (Lipinski definition) is 0. The van der Waals surface area contributed by atoms with Crippen molar-refractivity contribution in [3.05, 3.63) is 66.7 Å². The lowest BCUT2D eigenvalue weighted by Crippen LogP contribution is -3.00. The number of rotatable bonds is 2. The van der Waals surface area contributed by atoms with Gasteiger partial charge >= 0.3 is 0 Å². The number of hydrogen-bond donors (Lipinski definition) is 1. The first-order chi connectivity index (χ1) is 8.43. The molecule has 0 unspecified atom stereocenters. The SMILES string of the molecule is [Cl-].c1ccc(-c2cc(-c3ccccc3)[nH+][nH]2)cc1. The minimum absolute atomic E-state index is 0. The van der Waals surface area contributed by atoms with Crippen LogP contribution in [0.3, 0.4) is 0 Å². The summed E-state index contributed by atoms with van der Waals surface area (Å²) in [6.07, 6.45) is 0. The molecule has 0 aliphatic rings. The molecule has 0 atom stereocenters. The standard InChI is InChI=1S/C15H12N2.ClH/c1-3-7-12(8-4-1)14-11-15(17-16-14)13-9-5-2-6-10-13;/h1-11H,(H,16,17);1H. The Labute approximate surface area is 112 Å². The fourth-order valence-electron chi connectivity index (χ4n) is 1.90. The molecule has 0 aliphatic heterocycles. The Kier molecular flexibility index (Phi) is 3.80. The second-order valence-electron chi connectivity index (χ2n) is 3.95. The van der Waals surface area contributed by atoms with Crippen LogP contribution in [0.4, 0.5) is 0 Å². The molecule has 0 aliphatic carbocycles. The van der Waals surface area contributed by atoms with E-state index in [9.17, 15) is 0 Å². The third-order valence-corrected chi connectivity index (χ3v) is 2.79. The van der Waals surface area contributed by atoms with Crippen molar-refractivity contribution < 1.29 is 17.5 Å². The minimum atomic E-state index is 0. The van der Waals surface area contributed by atoms with Gasteiger partial charge in [0.2, 0.25) is 5.69 Å².